The maximum absolute atomic E-state index is 5.79. The van der Waals surface area contributed by atoms with Crippen molar-refractivity contribution in [1.82, 2.24) is 14.7 Å². The third kappa shape index (κ3) is 1.86. The van der Waals surface area contributed by atoms with E-state index in [0.717, 1.165) is 19.0 Å². The fourth-order valence-corrected chi connectivity index (χ4v) is 1.81. The van der Waals surface area contributed by atoms with Gasteiger partial charge in [0.1, 0.15) is 6.61 Å². The summed E-state index contributed by atoms with van der Waals surface area (Å²) in [6.07, 6.45) is 1.93. The molecule has 0 amide bonds. The SMILES string of the molecule is CC(C)c1cnn2c1OC[C@@H](N(C)C)C2. The minimum atomic E-state index is 0.428. The second kappa shape index (κ2) is 3.85. The molecule has 0 N–H and O–H groups in total. The molecule has 0 aromatic carbocycles. The highest BCUT2D eigenvalue weighted by Crippen LogP contribution is 2.29. The molecule has 2 heterocycles. The van der Waals surface area contributed by atoms with E-state index in [1.165, 1.54) is 5.56 Å². The quantitative estimate of drug-likeness (QED) is 0.736. The monoisotopic (exact) mass is 209 g/mol. The summed E-state index contributed by atoms with van der Waals surface area (Å²) in [7, 11) is 4.15. The minimum Gasteiger partial charge on any atom is -0.476 e. The van der Waals surface area contributed by atoms with Crippen molar-refractivity contribution in [3.8, 4) is 5.88 Å². The molecule has 0 fully saturated rings. The average Bonchev–Trinajstić information content (AvgIpc) is 2.59. The van der Waals surface area contributed by atoms with Gasteiger partial charge in [0, 0.05) is 5.56 Å². The number of rotatable bonds is 2. The van der Waals surface area contributed by atoms with Crippen molar-refractivity contribution < 1.29 is 4.74 Å². The van der Waals surface area contributed by atoms with Crippen LogP contribution in [0.25, 0.3) is 0 Å². The molecular formula is C11H19N3O. The van der Waals surface area contributed by atoms with E-state index in [1.54, 1.807) is 0 Å². The lowest BCUT2D eigenvalue weighted by atomic mass is 10.1. The van der Waals surface area contributed by atoms with Gasteiger partial charge in [-0.1, -0.05) is 13.8 Å². The molecule has 1 aromatic heterocycles. The molecule has 4 nitrogen and oxygen atoms in total. The first kappa shape index (κ1) is 10.5. The summed E-state index contributed by atoms with van der Waals surface area (Å²) in [4.78, 5) is 2.18. The lowest BCUT2D eigenvalue weighted by molar-refractivity contribution is 0.119. The topological polar surface area (TPSA) is 30.3 Å². The third-order valence-electron chi connectivity index (χ3n) is 2.97. The number of fused-ring (bicyclic) bond motifs is 1. The van der Waals surface area contributed by atoms with Crippen molar-refractivity contribution in [3.05, 3.63) is 11.8 Å². The van der Waals surface area contributed by atoms with E-state index in [4.69, 9.17) is 4.74 Å². The van der Waals surface area contributed by atoms with Crippen LogP contribution in [-0.2, 0) is 6.54 Å². The van der Waals surface area contributed by atoms with Gasteiger partial charge in [0.25, 0.3) is 0 Å². The molecule has 0 unspecified atom stereocenters. The molecule has 15 heavy (non-hydrogen) atoms. The van der Waals surface area contributed by atoms with Crippen molar-refractivity contribution in [2.24, 2.45) is 0 Å². The second-order valence-electron chi connectivity index (χ2n) is 4.67. The van der Waals surface area contributed by atoms with E-state index in [2.05, 4.69) is 37.9 Å². The Balaban J connectivity index is 2.22. The highest BCUT2D eigenvalue weighted by atomic mass is 16.5. The molecular weight excluding hydrogens is 190 g/mol. The number of likely N-dealkylation sites (N-methyl/N-ethyl adjacent to an activating group) is 1. The van der Waals surface area contributed by atoms with E-state index in [1.807, 2.05) is 10.9 Å². The van der Waals surface area contributed by atoms with Crippen molar-refractivity contribution >= 4 is 0 Å². The van der Waals surface area contributed by atoms with Crippen molar-refractivity contribution in [3.63, 3.8) is 0 Å². The van der Waals surface area contributed by atoms with Crippen LogP contribution < -0.4 is 4.74 Å². The molecule has 1 atom stereocenters. The first-order valence-corrected chi connectivity index (χ1v) is 5.44. The summed E-state index contributed by atoms with van der Waals surface area (Å²) >= 11 is 0. The second-order valence-corrected chi connectivity index (χ2v) is 4.67. The summed E-state index contributed by atoms with van der Waals surface area (Å²) in [6, 6.07) is 0.428. The molecule has 0 aliphatic carbocycles. The van der Waals surface area contributed by atoms with Gasteiger partial charge in [0.2, 0.25) is 5.88 Å². The lowest BCUT2D eigenvalue weighted by Gasteiger charge is -2.29. The predicted molar refractivity (Wildman–Crippen MR) is 59.3 cm³/mol. The average molecular weight is 209 g/mol. The Morgan fingerprint density at radius 3 is 2.87 bits per heavy atom. The van der Waals surface area contributed by atoms with Gasteiger partial charge < -0.3 is 9.64 Å². The number of nitrogens with zero attached hydrogens (tertiary/aromatic N) is 3. The van der Waals surface area contributed by atoms with Gasteiger partial charge in [-0.05, 0) is 20.0 Å². The van der Waals surface area contributed by atoms with Crippen LogP contribution >= 0.6 is 0 Å². The Morgan fingerprint density at radius 1 is 1.53 bits per heavy atom. The Bertz CT molecular complexity index is 344. The van der Waals surface area contributed by atoms with Gasteiger partial charge in [-0.25, -0.2) is 4.68 Å². The highest BCUT2D eigenvalue weighted by molar-refractivity contribution is 5.28. The van der Waals surface area contributed by atoms with E-state index in [-0.39, 0.29) is 0 Å². The maximum atomic E-state index is 5.79. The van der Waals surface area contributed by atoms with E-state index in [9.17, 15) is 0 Å². The zero-order valence-electron chi connectivity index (χ0n) is 9.90. The first-order chi connectivity index (χ1) is 7.09. The van der Waals surface area contributed by atoms with Crippen molar-refractivity contribution in [2.75, 3.05) is 20.7 Å². The molecule has 0 saturated carbocycles. The summed E-state index contributed by atoms with van der Waals surface area (Å²) in [5.74, 6) is 1.44. The largest absolute Gasteiger partial charge is 0.476 e. The Morgan fingerprint density at radius 2 is 2.27 bits per heavy atom. The molecule has 1 aliphatic heterocycles. The molecule has 84 valence electrons. The Kier molecular flexibility index (Phi) is 2.69. The van der Waals surface area contributed by atoms with Crippen LogP contribution in [0.3, 0.4) is 0 Å². The van der Waals surface area contributed by atoms with E-state index < -0.39 is 0 Å². The summed E-state index contributed by atoms with van der Waals surface area (Å²) in [5.41, 5.74) is 1.22. The molecule has 4 heteroatoms. The van der Waals surface area contributed by atoms with Crippen LogP contribution in [0.5, 0.6) is 5.88 Å². The fraction of sp³-hybridized carbons (Fsp3) is 0.727. The molecule has 0 radical (unpaired) electrons. The third-order valence-corrected chi connectivity index (χ3v) is 2.97. The van der Waals surface area contributed by atoms with Crippen LogP contribution in [0, 0.1) is 0 Å². The van der Waals surface area contributed by atoms with Gasteiger partial charge in [0.15, 0.2) is 0 Å². The molecule has 0 bridgehead atoms. The number of hydrogen-bond acceptors (Lipinski definition) is 3. The van der Waals surface area contributed by atoms with Gasteiger partial charge in [0.05, 0.1) is 18.8 Å². The number of ether oxygens (including phenoxy) is 1. The van der Waals surface area contributed by atoms with Crippen LogP contribution in [0.4, 0.5) is 0 Å². The normalized spacial score (nSPS) is 20.5. The highest BCUT2D eigenvalue weighted by Gasteiger charge is 2.25. The van der Waals surface area contributed by atoms with Crippen LogP contribution in [0.15, 0.2) is 6.20 Å². The molecule has 2 rings (SSSR count). The standard InChI is InChI=1S/C11H19N3O/c1-8(2)10-5-12-14-6-9(13(3)4)7-15-11(10)14/h5,8-9H,6-7H2,1-4H3/t9-/m0/s1. The fourth-order valence-electron chi connectivity index (χ4n) is 1.81. The van der Waals surface area contributed by atoms with E-state index in [0.29, 0.717) is 12.0 Å². The smallest absolute Gasteiger partial charge is 0.215 e. The molecule has 1 aliphatic rings. The predicted octanol–water partition coefficient (Wildman–Crippen LogP) is 1.33. The summed E-state index contributed by atoms with van der Waals surface area (Å²) in [5, 5.41) is 4.38. The Labute approximate surface area is 90.8 Å². The lowest BCUT2D eigenvalue weighted by Crippen LogP contribution is -2.41. The molecule has 0 saturated heterocycles. The summed E-state index contributed by atoms with van der Waals surface area (Å²) < 4.78 is 7.76. The van der Waals surface area contributed by atoms with Crippen LogP contribution in [-0.4, -0.2) is 41.4 Å². The maximum Gasteiger partial charge on any atom is 0.215 e. The minimum absolute atomic E-state index is 0.428. The number of hydrogen-bond donors (Lipinski definition) is 0. The summed E-state index contributed by atoms with van der Waals surface area (Å²) in [6.45, 7) is 6.02. The molecule has 0 spiro atoms. The van der Waals surface area contributed by atoms with Crippen molar-refractivity contribution in [1.29, 1.82) is 0 Å². The van der Waals surface area contributed by atoms with Gasteiger partial charge in [-0.2, -0.15) is 5.10 Å². The zero-order valence-corrected chi connectivity index (χ0v) is 9.90. The van der Waals surface area contributed by atoms with Gasteiger partial charge in [-0.3, -0.25) is 0 Å². The first-order valence-electron chi connectivity index (χ1n) is 5.44. The Hall–Kier alpha value is -1.03. The van der Waals surface area contributed by atoms with Crippen LogP contribution in [0.1, 0.15) is 25.3 Å². The van der Waals surface area contributed by atoms with E-state index >= 15 is 0 Å². The van der Waals surface area contributed by atoms with Crippen LogP contribution in [0.2, 0.25) is 0 Å². The van der Waals surface area contributed by atoms with Crippen molar-refractivity contribution in [2.45, 2.75) is 32.4 Å². The molecule has 1 aromatic rings. The van der Waals surface area contributed by atoms with Gasteiger partial charge >= 0.3 is 0 Å². The zero-order chi connectivity index (χ0) is 11.0. The number of aromatic nitrogens is 2. The van der Waals surface area contributed by atoms with Gasteiger partial charge in [-0.15, -0.1) is 0 Å².